The second kappa shape index (κ2) is 2.98. The minimum atomic E-state index is -0.769. The number of carboxylic acid groups (broad SMARTS) is 1. The van der Waals surface area contributed by atoms with Crippen LogP contribution in [0.2, 0.25) is 0 Å². The second-order valence-electron chi connectivity index (χ2n) is 2.68. The van der Waals surface area contributed by atoms with E-state index in [9.17, 15) is 4.79 Å². The van der Waals surface area contributed by atoms with Crippen LogP contribution in [0.25, 0.3) is 0 Å². The lowest BCUT2D eigenvalue weighted by Crippen LogP contribution is -2.30. The molecule has 1 saturated heterocycles. The lowest BCUT2D eigenvalue weighted by molar-refractivity contribution is -0.138. The van der Waals surface area contributed by atoms with Crippen molar-refractivity contribution < 1.29 is 9.90 Å². The molecule has 0 spiro atoms. The summed E-state index contributed by atoms with van der Waals surface area (Å²) in [7, 11) is 0. The van der Waals surface area contributed by atoms with Crippen LogP contribution in [0, 0.1) is 0 Å². The molecule has 0 aromatic carbocycles. The maximum absolute atomic E-state index is 10.2. The van der Waals surface area contributed by atoms with Crippen molar-refractivity contribution in [3.8, 4) is 0 Å². The zero-order valence-corrected chi connectivity index (χ0v) is 5.79. The minimum Gasteiger partial charge on any atom is -0.480 e. The summed E-state index contributed by atoms with van der Waals surface area (Å²) in [6, 6.07) is 0.180. The third-order valence-corrected chi connectivity index (χ3v) is 1.67. The number of nitrogens with zero attached hydrogens (tertiary/aromatic N) is 1. The van der Waals surface area contributed by atoms with Gasteiger partial charge in [-0.1, -0.05) is 0 Å². The van der Waals surface area contributed by atoms with E-state index in [1.807, 2.05) is 4.90 Å². The summed E-state index contributed by atoms with van der Waals surface area (Å²) in [6.45, 7) is 1.69. The maximum Gasteiger partial charge on any atom is 0.317 e. The lowest BCUT2D eigenvalue weighted by atomic mass is 10.3. The molecule has 1 fully saturated rings. The summed E-state index contributed by atoms with van der Waals surface area (Å²) in [4.78, 5) is 12.0. The highest BCUT2D eigenvalue weighted by molar-refractivity contribution is 5.69. The van der Waals surface area contributed by atoms with Crippen LogP contribution in [-0.2, 0) is 4.79 Å². The summed E-state index contributed by atoms with van der Waals surface area (Å²) in [5.74, 6) is -0.769. The molecule has 1 atom stereocenters. The van der Waals surface area contributed by atoms with Crippen molar-refractivity contribution >= 4 is 5.97 Å². The number of likely N-dealkylation sites (tertiary alicyclic amines) is 1. The molecule has 4 nitrogen and oxygen atoms in total. The van der Waals surface area contributed by atoms with Gasteiger partial charge in [0.2, 0.25) is 0 Å². The number of rotatable bonds is 2. The number of carbonyl (C=O) groups is 1. The fourth-order valence-corrected chi connectivity index (χ4v) is 1.20. The van der Waals surface area contributed by atoms with Crippen LogP contribution < -0.4 is 5.73 Å². The lowest BCUT2D eigenvalue weighted by Gasteiger charge is -2.10. The Morgan fingerprint density at radius 1 is 1.80 bits per heavy atom. The van der Waals surface area contributed by atoms with Gasteiger partial charge in [0.15, 0.2) is 0 Å². The smallest absolute Gasteiger partial charge is 0.317 e. The Morgan fingerprint density at radius 2 is 2.50 bits per heavy atom. The highest BCUT2D eigenvalue weighted by Gasteiger charge is 2.20. The van der Waals surface area contributed by atoms with E-state index < -0.39 is 5.97 Å². The van der Waals surface area contributed by atoms with Crippen molar-refractivity contribution in [1.29, 1.82) is 0 Å². The first-order chi connectivity index (χ1) is 4.68. The number of carboxylic acids is 1. The molecule has 1 rings (SSSR count). The Balaban J connectivity index is 2.24. The normalized spacial score (nSPS) is 27.1. The fraction of sp³-hybridized carbons (Fsp3) is 0.833. The summed E-state index contributed by atoms with van der Waals surface area (Å²) in [5.41, 5.74) is 5.57. The van der Waals surface area contributed by atoms with Crippen molar-refractivity contribution in [3.05, 3.63) is 0 Å². The molecule has 0 saturated carbocycles. The van der Waals surface area contributed by atoms with Gasteiger partial charge in [-0.2, -0.15) is 0 Å². The molecule has 0 amide bonds. The van der Waals surface area contributed by atoms with E-state index in [1.165, 1.54) is 0 Å². The largest absolute Gasteiger partial charge is 0.480 e. The van der Waals surface area contributed by atoms with Crippen LogP contribution in [0.3, 0.4) is 0 Å². The number of aliphatic carboxylic acids is 1. The Labute approximate surface area is 59.6 Å². The third-order valence-electron chi connectivity index (χ3n) is 1.67. The van der Waals surface area contributed by atoms with E-state index >= 15 is 0 Å². The van der Waals surface area contributed by atoms with Gasteiger partial charge in [0.25, 0.3) is 0 Å². The molecule has 3 N–H and O–H groups in total. The van der Waals surface area contributed by atoms with Crippen molar-refractivity contribution in [1.82, 2.24) is 4.90 Å². The molecule has 1 aliphatic rings. The van der Waals surface area contributed by atoms with Gasteiger partial charge in [0.05, 0.1) is 6.54 Å². The molecule has 1 aliphatic heterocycles. The Hall–Kier alpha value is -0.610. The Kier molecular flexibility index (Phi) is 2.24. The quantitative estimate of drug-likeness (QED) is 0.527. The molecule has 0 aliphatic carbocycles. The number of hydrogen-bond donors (Lipinski definition) is 2. The zero-order valence-electron chi connectivity index (χ0n) is 5.79. The van der Waals surface area contributed by atoms with E-state index in [2.05, 4.69) is 0 Å². The first-order valence-electron chi connectivity index (χ1n) is 3.38. The Bertz CT molecular complexity index is 138. The fourth-order valence-electron chi connectivity index (χ4n) is 1.20. The number of hydrogen-bond acceptors (Lipinski definition) is 3. The van der Waals surface area contributed by atoms with Crippen LogP contribution in [0.4, 0.5) is 0 Å². The van der Waals surface area contributed by atoms with E-state index in [4.69, 9.17) is 10.8 Å². The summed E-state index contributed by atoms with van der Waals surface area (Å²) >= 11 is 0. The van der Waals surface area contributed by atoms with Gasteiger partial charge >= 0.3 is 5.97 Å². The molecule has 4 heteroatoms. The standard InChI is InChI=1S/C6H12N2O2/c7-5-1-2-8(3-5)4-6(9)10/h5H,1-4,7H2,(H,9,10)/t5-/m0/s1. The van der Waals surface area contributed by atoms with Crippen LogP contribution >= 0.6 is 0 Å². The highest BCUT2D eigenvalue weighted by atomic mass is 16.4. The van der Waals surface area contributed by atoms with Crippen LogP contribution in [-0.4, -0.2) is 41.7 Å². The van der Waals surface area contributed by atoms with Crippen LogP contribution in [0.1, 0.15) is 6.42 Å². The van der Waals surface area contributed by atoms with E-state index in [-0.39, 0.29) is 12.6 Å². The monoisotopic (exact) mass is 144 g/mol. The molecule has 10 heavy (non-hydrogen) atoms. The van der Waals surface area contributed by atoms with Crippen molar-refractivity contribution in [3.63, 3.8) is 0 Å². The predicted molar refractivity (Wildman–Crippen MR) is 36.7 cm³/mol. The molecule has 0 aromatic rings. The van der Waals surface area contributed by atoms with Gasteiger partial charge in [-0.3, -0.25) is 9.69 Å². The van der Waals surface area contributed by atoms with E-state index in [0.717, 1.165) is 19.5 Å². The molecule has 0 bridgehead atoms. The predicted octanol–water partition coefficient (Wildman–Crippen LogP) is -0.896. The molecule has 1 heterocycles. The second-order valence-corrected chi connectivity index (χ2v) is 2.68. The molecular formula is C6H12N2O2. The SMILES string of the molecule is N[C@H]1CCN(CC(=O)O)C1. The maximum atomic E-state index is 10.2. The van der Waals surface area contributed by atoms with Gasteiger partial charge in [-0.15, -0.1) is 0 Å². The van der Waals surface area contributed by atoms with Gasteiger partial charge in [0, 0.05) is 19.1 Å². The van der Waals surface area contributed by atoms with Crippen molar-refractivity contribution in [2.75, 3.05) is 19.6 Å². The zero-order chi connectivity index (χ0) is 7.56. The molecule has 0 aromatic heterocycles. The van der Waals surface area contributed by atoms with Crippen LogP contribution in [0.5, 0.6) is 0 Å². The van der Waals surface area contributed by atoms with Crippen LogP contribution in [0.15, 0.2) is 0 Å². The molecular weight excluding hydrogens is 132 g/mol. The van der Waals surface area contributed by atoms with Crippen molar-refractivity contribution in [2.45, 2.75) is 12.5 Å². The summed E-state index contributed by atoms with van der Waals surface area (Å²) in [5, 5.41) is 8.38. The third kappa shape index (κ3) is 1.97. The molecule has 0 unspecified atom stereocenters. The first kappa shape index (κ1) is 7.50. The topological polar surface area (TPSA) is 66.6 Å². The van der Waals surface area contributed by atoms with Gasteiger partial charge in [0.1, 0.15) is 0 Å². The van der Waals surface area contributed by atoms with Gasteiger partial charge < -0.3 is 10.8 Å². The Morgan fingerprint density at radius 3 is 2.90 bits per heavy atom. The minimum absolute atomic E-state index is 0.133. The van der Waals surface area contributed by atoms with Crippen molar-refractivity contribution in [2.24, 2.45) is 5.73 Å². The first-order valence-corrected chi connectivity index (χ1v) is 3.38. The molecule has 0 radical (unpaired) electrons. The highest BCUT2D eigenvalue weighted by Crippen LogP contribution is 2.05. The average Bonchev–Trinajstić information content (AvgIpc) is 2.13. The van der Waals surface area contributed by atoms with E-state index in [0.29, 0.717) is 0 Å². The summed E-state index contributed by atoms with van der Waals surface area (Å²) in [6.07, 6.45) is 0.924. The summed E-state index contributed by atoms with van der Waals surface area (Å²) < 4.78 is 0. The van der Waals surface area contributed by atoms with Gasteiger partial charge in [-0.25, -0.2) is 0 Å². The van der Waals surface area contributed by atoms with E-state index in [1.54, 1.807) is 0 Å². The molecule has 58 valence electrons. The van der Waals surface area contributed by atoms with Gasteiger partial charge in [-0.05, 0) is 6.42 Å². The number of nitrogens with two attached hydrogens (primary N) is 1. The average molecular weight is 144 g/mol.